The molecule has 1 aromatic carbocycles. The Morgan fingerprint density at radius 3 is 2.64 bits per heavy atom. The molecule has 0 aromatic heterocycles. The molecule has 1 atom stereocenters. The number of sulfonamides is 1. The fourth-order valence-electron chi connectivity index (χ4n) is 2.82. The molecule has 7 nitrogen and oxygen atoms in total. The Bertz CT molecular complexity index is 825. The molecule has 25 heavy (non-hydrogen) atoms. The van der Waals surface area contributed by atoms with E-state index in [4.69, 9.17) is 27.3 Å². The maximum atomic E-state index is 12.7. The van der Waals surface area contributed by atoms with Crippen molar-refractivity contribution in [1.29, 1.82) is 5.26 Å². The van der Waals surface area contributed by atoms with Crippen molar-refractivity contribution in [2.24, 2.45) is 5.92 Å². The number of ether oxygens (including phenoxy) is 1. The van der Waals surface area contributed by atoms with Gasteiger partial charge in [-0.3, -0.25) is 4.79 Å². The van der Waals surface area contributed by atoms with Crippen molar-refractivity contribution < 1.29 is 17.9 Å². The van der Waals surface area contributed by atoms with E-state index >= 15 is 0 Å². The Labute approximate surface area is 152 Å². The summed E-state index contributed by atoms with van der Waals surface area (Å²) in [7, 11) is -4.22. The van der Waals surface area contributed by atoms with Crippen LogP contribution >= 0.6 is 11.6 Å². The fourth-order valence-corrected chi connectivity index (χ4v) is 4.19. The number of halogens is 1. The molecule has 0 spiro atoms. The van der Waals surface area contributed by atoms with Gasteiger partial charge in [-0.1, -0.05) is 25.4 Å². The lowest BCUT2D eigenvalue weighted by Crippen LogP contribution is -2.55. The van der Waals surface area contributed by atoms with E-state index in [-0.39, 0.29) is 27.1 Å². The van der Waals surface area contributed by atoms with E-state index in [2.05, 4.69) is 4.72 Å². The summed E-state index contributed by atoms with van der Waals surface area (Å²) in [6.45, 7) is 4.02. The predicted molar refractivity (Wildman–Crippen MR) is 93.3 cm³/mol. The van der Waals surface area contributed by atoms with Crippen LogP contribution in [0.15, 0.2) is 17.0 Å². The quantitative estimate of drug-likeness (QED) is 0.766. The number of hydrogen-bond acceptors (Lipinski definition) is 6. The minimum atomic E-state index is -4.22. The van der Waals surface area contributed by atoms with Gasteiger partial charge in [0.05, 0.1) is 21.2 Å². The molecule has 1 fully saturated rings. The van der Waals surface area contributed by atoms with E-state index in [9.17, 15) is 13.2 Å². The van der Waals surface area contributed by atoms with E-state index in [1.54, 1.807) is 6.07 Å². The molecule has 1 aliphatic rings. The Balaban J connectivity index is 2.37. The molecule has 136 valence electrons. The van der Waals surface area contributed by atoms with Gasteiger partial charge in [-0.05, 0) is 37.3 Å². The first-order valence-electron chi connectivity index (χ1n) is 7.84. The number of nitrogens with two attached hydrogens (primary N) is 1. The largest absolute Gasteiger partial charge is 0.396 e. The molecule has 1 saturated heterocycles. The molecule has 1 heterocycles. The zero-order chi connectivity index (χ0) is 18.8. The Morgan fingerprint density at radius 2 is 2.12 bits per heavy atom. The maximum absolute atomic E-state index is 12.7. The summed E-state index contributed by atoms with van der Waals surface area (Å²) in [4.78, 5) is 12.4. The van der Waals surface area contributed by atoms with E-state index in [0.29, 0.717) is 13.0 Å². The van der Waals surface area contributed by atoms with Crippen molar-refractivity contribution in [2.45, 2.75) is 43.6 Å². The molecule has 1 amide bonds. The van der Waals surface area contributed by atoms with Crippen molar-refractivity contribution >= 4 is 33.2 Å². The number of nitriles is 1. The van der Waals surface area contributed by atoms with Gasteiger partial charge in [0.25, 0.3) is 15.9 Å². The Kier molecular flexibility index (Phi) is 5.62. The third-order valence-electron chi connectivity index (χ3n) is 4.38. The molecule has 0 bridgehead atoms. The van der Waals surface area contributed by atoms with Crippen molar-refractivity contribution in [1.82, 2.24) is 4.72 Å². The van der Waals surface area contributed by atoms with E-state index in [0.717, 1.165) is 25.0 Å². The molecular weight excluding hydrogens is 366 g/mol. The second-order valence-electron chi connectivity index (χ2n) is 6.26. The van der Waals surface area contributed by atoms with Gasteiger partial charge in [0.1, 0.15) is 11.7 Å². The third kappa shape index (κ3) is 3.73. The number of amides is 1. The number of nitrogen functional groups attached to an aromatic ring is 1. The summed E-state index contributed by atoms with van der Waals surface area (Å²) in [6.07, 6.45) is 2.05. The minimum absolute atomic E-state index is 0.0105. The Hall–Kier alpha value is -1.82. The van der Waals surface area contributed by atoms with E-state index < -0.39 is 21.5 Å². The molecular formula is C16H20ClN3O4S. The van der Waals surface area contributed by atoms with Gasteiger partial charge in [-0.15, -0.1) is 0 Å². The second-order valence-corrected chi connectivity index (χ2v) is 8.35. The highest BCUT2D eigenvalue weighted by molar-refractivity contribution is 7.90. The van der Waals surface area contributed by atoms with Crippen molar-refractivity contribution in [3.63, 3.8) is 0 Å². The normalized spacial score (nSPS) is 20.9. The van der Waals surface area contributed by atoms with Crippen molar-refractivity contribution in [3.05, 3.63) is 22.7 Å². The van der Waals surface area contributed by atoms with Gasteiger partial charge in [0, 0.05) is 6.61 Å². The lowest BCUT2D eigenvalue weighted by atomic mass is 9.83. The highest BCUT2D eigenvalue weighted by atomic mass is 35.5. The van der Waals surface area contributed by atoms with Crippen molar-refractivity contribution in [2.75, 3.05) is 12.3 Å². The van der Waals surface area contributed by atoms with Crippen molar-refractivity contribution in [3.8, 4) is 6.07 Å². The number of nitrogens with one attached hydrogen (secondary N) is 1. The van der Waals surface area contributed by atoms with Gasteiger partial charge in [-0.2, -0.15) is 5.26 Å². The fraction of sp³-hybridized carbons (Fsp3) is 0.500. The van der Waals surface area contributed by atoms with Crippen LogP contribution in [0.1, 0.15) is 38.7 Å². The molecule has 2 rings (SSSR count). The zero-order valence-corrected chi connectivity index (χ0v) is 15.6. The first-order valence-corrected chi connectivity index (χ1v) is 9.70. The SMILES string of the molecule is CC(C)[C@@]1(C(=O)NS(=O)(=O)c2cc(Cl)c(N)c(C#N)c2)CCCCO1. The van der Waals surface area contributed by atoms with Crippen LogP contribution in [-0.2, 0) is 19.6 Å². The molecule has 9 heteroatoms. The first kappa shape index (κ1) is 19.5. The average Bonchev–Trinajstić information content (AvgIpc) is 2.57. The van der Waals surface area contributed by atoms with Gasteiger partial charge < -0.3 is 10.5 Å². The minimum Gasteiger partial charge on any atom is -0.396 e. The summed E-state index contributed by atoms with van der Waals surface area (Å²) in [5, 5.41) is 8.97. The summed E-state index contributed by atoms with van der Waals surface area (Å²) >= 11 is 5.89. The Morgan fingerprint density at radius 1 is 1.44 bits per heavy atom. The van der Waals surface area contributed by atoms with E-state index in [1.807, 2.05) is 13.8 Å². The van der Waals surface area contributed by atoms with Crippen LogP contribution in [0, 0.1) is 17.2 Å². The summed E-state index contributed by atoms with van der Waals surface area (Å²) in [6, 6.07) is 3.97. The molecule has 0 saturated carbocycles. The lowest BCUT2D eigenvalue weighted by Gasteiger charge is -2.38. The molecule has 0 aliphatic carbocycles. The number of carbonyl (C=O) groups is 1. The first-order chi connectivity index (χ1) is 11.6. The molecule has 0 radical (unpaired) electrons. The smallest absolute Gasteiger partial charge is 0.266 e. The monoisotopic (exact) mass is 385 g/mol. The zero-order valence-electron chi connectivity index (χ0n) is 14.0. The topological polar surface area (TPSA) is 122 Å². The number of carbonyl (C=O) groups excluding carboxylic acids is 1. The summed E-state index contributed by atoms with van der Waals surface area (Å²) in [5.41, 5.74) is 4.35. The predicted octanol–water partition coefficient (Wildman–Crippen LogP) is 2.19. The maximum Gasteiger partial charge on any atom is 0.266 e. The van der Waals surface area contributed by atoms with Crippen LogP contribution in [-0.4, -0.2) is 26.5 Å². The molecule has 0 unspecified atom stereocenters. The number of benzene rings is 1. The van der Waals surface area contributed by atoms with Crippen LogP contribution in [0.5, 0.6) is 0 Å². The number of anilines is 1. The van der Waals surface area contributed by atoms with Gasteiger partial charge >= 0.3 is 0 Å². The summed E-state index contributed by atoms with van der Waals surface area (Å²) < 4.78 is 32.9. The number of rotatable bonds is 4. The molecule has 1 aliphatic heterocycles. The van der Waals surface area contributed by atoms with Gasteiger partial charge in [-0.25, -0.2) is 13.1 Å². The second kappa shape index (κ2) is 7.20. The lowest BCUT2D eigenvalue weighted by molar-refractivity contribution is -0.160. The van der Waals surface area contributed by atoms with Crippen LogP contribution in [0.3, 0.4) is 0 Å². The number of hydrogen-bond donors (Lipinski definition) is 2. The molecule has 1 aromatic rings. The summed E-state index contributed by atoms with van der Waals surface area (Å²) in [5.74, 6) is -0.915. The highest BCUT2D eigenvalue weighted by Gasteiger charge is 2.45. The number of nitrogens with zero attached hydrogens (tertiary/aromatic N) is 1. The molecule has 3 N–H and O–H groups in total. The van der Waals surface area contributed by atoms with Crippen LogP contribution in [0.25, 0.3) is 0 Å². The van der Waals surface area contributed by atoms with Crippen LogP contribution in [0.4, 0.5) is 5.69 Å². The highest BCUT2D eigenvalue weighted by Crippen LogP contribution is 2.33. The standard InChI is InChI=1S/C16H20ClN3O4S/c1-10(2)16(5-3-4-6-24-16)15(21)20-25(22,23)12-7-11(9-18)14(19)13(17)8-12/h7-8,10H,3-6,19H2,1-2H3,(H,20,21)/t16-/m1/s1. The van der Waals surface area contributed by atoms with Gasteiger partial charge in [0.15, 0.2) is 0 Å². The van der Waals surface area contributed by atoms with Crippen LogP contribution < -0.4 is 10.5 Å². The van der Waals surface area contributed by atoms with Crippen LogP contribution in [0.2, 0.25) is 5.02 Å². The third-order valence-corrected chi connectivity index (χ3v) is 6.00. The average molecular weight is 386 g/mol. The van der Waals surface area contributed by atoms with E-state index in [1.165, 1.54) is 0 Å². The van der Waals surface area contributed by atoms with Gasteiger partial charge in [0.2, 0.25) is 0 Å².